The lowest BCUT2D eigenvalue weighted by atomic mass is 9.99. The molecule has 25 heavy (non-hydrogen) atoms. The molecule has 0 aliphatic carbocycles. The molecule has 2 aromatic rings. The molecule has 0 saturated heterocycles. The zero-order valence-electron chi connectivity index (χ0n) is 15.7. The minimum atomic E-state index is 0. The van der Waals surface area contributed by atoms with Gasteiger partial charge in [0.25, 0.3) is 0 Å². The molecule has 0 fully saturated rings. The summed E-state index contributed by atoms with van der Waals surface area (Å²) in [7, 11) is 1.83. The van der Waals surface area contributed by atoms with Gasteiger partial charge in [0, 0.05) is 39.0 Å². The number of nitrogens with zero attached hydrogens (tertiary/aromatic N) is 3. The smallest absolute Gasteiger partial charge is 0.190 e. The highest BCUT2D eigenvalue weighted by Gasteiger charge is 2.07. The van der Waals surface area contributed by atoms with E-state index in [1.54, 1.807) is 0 Å². The summed E-state index contributed by atoms with van der Waals surface area (Å²) in [5, 5.41) is 6.84. The number of guanidine groups is 1. The Balaban J connectivity index is 0.00000312. The van der Waals surface area contributed by atoms with E-state index in [-0.39, 0.29) is 24.0 Å². The molecule has 0 bridgehead atoms. The van der Waals surface area contributed by atoms with Gasteiger partial charge in [-0.05, 0) is 24.5 Å². The summed E-state index contributed by atoms with van der Waals surface area (Å²) in [5.74, 6) is 1.61. The van der Waals surface area contributed by atoms with Crippen LogP contribution >= 0.6 is 24.0 Å². The number of pyridine rings is 1. The molecule has 6 heteroatoms. The van der Waals surface area contributed by atoms with Crippen molar-refractivity contribution in [2.75, 3.05) is 20.1 Å². The maximum Gasteiger partial charge on any atom is 0.190 e. The first-order valence-corrected chi connectivity index (χ1v) is 9.14. The van der Waals surface area contributed by atoms with Crippen LogP contribution in [-0.2, 0) is 6.42 Å². The summed E-state index contributed by atoms with van der Waals surface area (Å²) in [6.45, 7) is 6.33. The molecular weight excluding hydrogens is 425 g/mol. The molecule has 2 heterocycles. The summed E-state index contributed by atoms with van der Waals surface area (Å²) in [6, 6.07) is 6.06. The van der Waals surface area contributed by atoms with Gasteiger partial charge >= 0.3 is 0 Å². The molecule has 0 aromatic carbocycles. The van der Waals surface area contributed by atoms with Crippen molar-refractivity contribution in [3.05, 3.63) is 36.3 Å². The van der Waals surface area contributed by atoms with Crippen LogP contribution in [0.15, 0.2) is 35.6 Å². The Hall–Kier alpha value is -1.31. The standard InChI is InChI=1S/C19H31N5.HI/c1-4-6-9-16(5-2)14-22-19(20-3)21-12-11-17-15-24-13-8-7-10-18(24)23-17;/h7-8,10,13,15-16H,4-6,9,11-12,14H2,1-3H3,(H2,20,21,22);1H. The minimum absolute atomic E-state index is 0. The quantitative estimate of drug-likeness (QED) is 0.342. The maximum absolute atomic E-state index is 4.62. The number of fused-ring (bicyclic) bond motifs is 1. The van der Waals surface area contributed by atoms with E-state index in [9.17, 15) is 0 Å². The summed E-state index contributed by atoms with van der Waals surface area (Å²) < 4.78 is 2.06. The van der Waals surface area contributed by atoms with Gasteiger partial charge in [-0.2, -0.15) is 0 Å². The topological polar surface area (TPSA) is 53.7 Å². The predicted octanol–water partition coefficient (Wildman–Crippen LogP) is 3.88. The molecule has 5 nitrogen and oxygen atoms in total. The second-order valence-electron chi connectivity index (χ2n) is 6.24. The number of nitrogens with one attached hydrogen (secondary N) is 2. The van der Waals surface area contributed by atoms with Crippen molar-refractivity contribution in [2.24, 2.45) is 10.9 Å². The van der Waals surface area contributed by atoms with Crippen molar-refractivity contribution in [3.8, 4) is 0 Å². The molecule has 0 radical (unpaired) electrons. The van der Waals surface area contributed by atoms with Gasteiger partial charge in [-0.15, -0.1) is 24.0 Å². The lowest BCUT2D eigenvalue weighted by molar-refractivity contribution is 0.444. The number of rotatable bonds is 9. The number of halogens is 1. The van der Waals surface area contributed by atoms with Crippen molar-refractivity contribution in [1.29, 1.82) is 0 Å². The third kappa shape index (κ3) is 7.22. The largest absolute Gasteiger partial charge is 0.356 e. The Morgan fingerprint density at radius 2 is 2.12 bits per heavy atom. The summed E-state index contributed by atoms with van der Waals surface area (Å²) in [5.41, 5.74) is 2.09. The highest BCUT2D eigenvalue weighted by atomic mass is 127. The molecule has 2 aromatic heterocycles. The molecule has 0 aliphatic rings. The minimum Gasteiger partial charge on any atom is -0.356 e. The number of unbranched alkanes of at least 4 members (excludes halogenated alkanes) is 1. The van der Waals surface area contributed by atoms with E-state index < -0.39 is 0 Å². The molecule has 2 N–H and O–H groups in total. The molecule has 0 spiro atoms. The molecule has 1 unspecified atom stereocenters. The van der Waals surface area contributed by atoms with Gasteiger partial charge in [-0.25, -0.2) is 4.98 Å². The third-order valence-electron chi connectivity index (χ3n) is 4.41. The van der Waals surface area contributed by atoms with Crippen LogP contribution in [0.2, 0.25) is 0 Å². The van der Waals surface area contributed by atoms with Crippen molar-refractivity contribution in [1.82, 2.24) is 20.0 Å². The van der Waals surface area contributed by atoms with E-state index in [0.29, 0.717) is 0 Å². The average Bonchev–Trinajstić information content (AvgIpc) is 3.03. The fourth-order valence-electron chi connectivity index (χ4n) is 2.82. The molecule has 0 aliphatic heterocycles. The zero-order chi connectivity index (χ0) is 17.2. The van der Waals surface area contributed by atoms with Crippen LogP contribution < -0.4 is 10.6 Å². The highest BCUT2D eigenvalue weighted by molar-refractivity contribution is 14.0. The first-order chi connectivity index (χ1) is 11.8. The van der Waals surface area contributed by atoms with Gasteiger partial charge in [0.05, 0.1) is 5.69 Å². The molecule has 0 amide bonds. The van der Waals surface area contributed by atoms with Crippen LogP contribution in [0.3, 0.4) is 0 Å². The van der Waals surface area contributed by atoms with Crippen LogP contribution in [0, 0.1) is 5.92 Å². The summed E-state index contributed by atoms with van der Waals surface area (Å²) in [6.07, 6.45) is 10.1. The first-order valence-electron chi connectivity index (χ1n) is 9.14. The van der Waals surface area contributed by atoms with Gasteiger partial charge in [0.2, 0.25) is 0 Å². The average molecular weight is 457 g/mol. The Bertz CT molecular complexity index is 605. The van der Waals surface area contributed by atoms with E-state index >= 15 is 0 Å². The van der Waals surface area contributed by atoms with Gasteiger partial charge in [0.15, 0.2) is 5.96 Å². The van der Waals surface area contributed by atoms with E-state index in [2.05, 4.69) is 45.1 Å². The van der Waals surface area contributed by atoms with E-state index in [1.165, 1.54) is 25.7 Å². The van der Waals surface area contributed by atoms with Crippen molar-refractivity contribution in [3.63, 3.8) is 0 Å². The monoisotopic (exact) mass is 457 g/mol. The van der Waals surface area contributed by atoms with Crippen molar-refractivity contribution >= 4 is 35.6 Å². The fourth-order valence-corrected chi connectivity index (χ4v) is 2.82. The lowest BCUT2D eigenvalue weighted by Gasteiger charge is -2.17. The number of hydrogen-bond acceptors (Lipinski definition) is 2. The zero-order valence-corrected chi connectivity index (χ0v) is 18.0. The Kier molecular flexibility index (Phi) is 10.5. The Morgan fingerprint density at radius 1 is 1.28 bits per heavy atom. The summed E-state index contributed by atoms with van der Waals surface area (Å²) in [4.78, 5) is 8.94. The third-order valence-corrected chi connectivity index (χ3v) is 4.41. The first kappa shape index (κ1) is 21.7. The maximum atomic E-state index is 4.62. The lowest BCUT2D eigenvalue weighted by Crippen LogP contribution is -2.40. The number of imidazole rings is 1. The van der Waals surface area contributed by atoms with Gasteiger partial charge in [-0.1, -0.05) is 39.2 Å². The molecule has 140 valence electrons. The van der Waals surface area contributed by atoms with Crippen LogP contribution in [0.5, 0.6) is 0 Å². The number of aromatic nitrogens is 2. The van der Waals surface area contributed by atoms with Gasteiger partial charge < -0.3 is 15.0 Å². The van der Waals surface area contributed by atoms with Crippen LogP contribution in [0.4, 0.5) is 0 Å². The number of aliphatic imine (C=N–C) groups is 1. The van der Waals surface area contributed by atoms with Gasteiger partial charge in [0.1, 0.15) is 5.65 Å². The second kappa shape index (κ2) is 12.1. The molecular formula is C19H32IN5. The normalized spacial score (nSPS) is 12.7. The van der Waals surface area contributed by atoms with Gasteiger partial charge in [-0.3, -0.25) is 4.99 Å². The van der Waals surface area contributed by atoms with Crippen LogP contribution in [0.1, 0.15) is 45.2 Å². The molecule has 0 saturated carbocycles. The molecule has 2 rings (SSSR count). The van der Waals surface area contributed by atoms with Crippen molar-refractivity contribution in [2.45, 2.75) is 46.0 Å². The van der Waals surface area contributed by atoms with E-state index in [4.69, 9.17) is 0 Å². The second-order valence-corrected chi connectivity index (χ2v) is 6.24. The fraction of sp³-hybridized carbons (Fsp3) is 0.579. The van der Waals surface area contributed by atoms with E-state index in [0.717, 1.165) is 42.7 Å². The molecule has 1 atom stereocenters. The summed E-state index contributed by atoms with van der Waals surface area (Å²) >= 11 is 0. The Morgan fingerprint density at radius 3 is 2.80 bits per heavy atom. The predicted molar refractivity (Wildman–Crippen MR) is 117 cm³/mol. The SMILES string of the molecule is CCCCC(CC)CNC(=NC)NCCc1cn2ccccc2n1.I. The van der Waals surface area contributed by atoms with Crippen LogP contribution in [0.25, 0.3) is 5.65 Å². The number of hydrogen-bond donors (Lipinski definition) is 2. The van der Waals surface area contributed by atoms with E-state index in [1.807, 2.05) is 31.4 Å². The Labute approximate surface area is 168 Å². The van der Waals surface area contributed by atoms with Crippen LogP contribution in [-0.4, -0.2) is 35.5 Å². The van der Waals surface area contributed by atoms with Crippen molar-refractivity contribution < 1.29 is 0 Å². The highest BCUT2D eigenvalue weighted by Crippen LogP contribution is 2.11.